The van der Waals surface area contributed by atoms with Crippen LogP contribution >= 0.6 is 0 Å². The third-order valence-corrected chi connectivity index (χ3v) is 6.86. The Hall–Kier alpha value is -0.0400. The smallest absolute Gasteiger partial charge is 0.0614 e. The van der Waals surface area contributed by atoms with Crippen molar-refractivity contribution in [3.8, 4) is 0 Å². The molecule has 0 amide bonds. The van der Waals surface area contributed by atoms with E-state index >= 15 is 0 Å². The van der Waals surface area contributed by atoms with Gasteiger partial charge >= 0.3 is 0 Å². The van der Waals surface area contributed by atoms with Crippen LogP contribution in [0.5, 0.6) is 0 Å². The molecule has 4 saturated carbocycles. The van der Waals surface area contributed by atoms with Gasteiger partial charge in [-0.05, 0) is 55.3 Å². The van der Waals surface area contributed by atoms with Crippen LogP contribution < -0.4 is 0 Å². The molecular formula is C19H32O. The highest BCUT2D eigenvalue weighted by Gasteiger charge is 2.49. The Morgan fingerprint density at radius 1 is 0.650 bits per heavy atom. The zero-order chi connectivity index (χ0) is 13.5. The van der Waals surface area contributed by atoms with E-state index in [9.17, 15) is 0 Å². The second-order valence-corrected chi connectivity index (χ2v) is 8.34. The highest BCUT2D eigenvalue weighted by Crippen LogP contribution is 2.52. The third kappa shape index (κ3) is 2.80. The fourth-order valence-corrected chi connectivity index (χ4v) is 5.36. The predicted octanol–water partition coefficient (Wildman–Crippen LogP) is 5.19. The number of hydrogen-bond acceptors (Lipinski definition) is 1. The Kier molecular flexibility index (Phi) is 3.83. The average molecular weight is 276 g/mol. The monoisotopic (exact) mass is 276 g/mol. The standard InChI is InChI=1S/C19H32O/c1-13-11-16(13)15-9-5-6-10-18(15)20-19-12-17(19)14-7-3-2-4-8-14/h13-19H,2-12H2,1H3. The molecule has 0 bridgehead atoms. The molecule has 0 N–H and O–H groups in total. The van der Waals surface area contributed by atoms with Crippen molar-refractivity contribution in [3.63, 3.8) is 0 Å². The molecule has 1 heteroatoms. The summed E-state index contributed by atoms with van der Waals surface area (Å²) in [6.45, 7) is 2.44. The molecule has 4 rings (SSSR count). The van der Waals surface area contributed by atoms with Crippen molar-refractivity contribution in [2.24, 2.45) is 29.6 Å². The molecule has 4 aliphatic rings. The van der Waals surface area contributed by atoms with Crippen molar-refractivity contribution >= 4 is 0 Å². The Morgan fingerprint density at radius 2 is 1.35 bits per heavy atom. The molecule has 0 radical (unpaired) electrons. The van der Waals surface area contributed by atoms with Gasteiger partial charge in [-0.3, -0.25) is 0 Å². The quantitative estimate of drug-likeness (QED) is 0.687. The van der Waals surface area contributed by atoms with Crippen molar-refractivity contribution < 1.29 is 4.74 Å². The second kappa shape index (κ2) is 5.63. The zero-order valence-corrected chi connectivity index (χ0v) is 13.2. The van der Waals surface area contributed by atoms with Crippen molar-refractivity contribution in [1.82, 2.24) is 0 Å². The van der Waals surface area contributed by atoms with Gasteiger partial charge in [0.05, 0.1) is 12.2 Å². The van der Waals surface area contributed by atoms with Crippen LogP contribution in [0.4, 0.5) is 0 Å². The summed E-state index contributed by atoms with van der Waals surface area (Å²) in [4.78, 5) is 0. The van der Waals surface area contributed by atoms with E-state index in [1.54, 1.807) is 0 Å². The minimum atomic E-state index is 0.636. The molecule has 0 saturated heterocycles. The lowest BCUT2D eigenvalue weighted by Gasteiger charge is -2.32. The Balaban J connectivity index is 1.30. The average Bonchev–Trinajstić information content (AvgIpc) is 3.39. The first-order valence-corrected chi connectivity index (χ1v) is 9.48. The summed E-state index contributed by atoms with van der Waals surface area (Å²) in [5.41, 5.74) is 0. The molecule has 4 aliphatic carbocycles. The van der Waals surface area contributed by atoms with Gasteiger partial charge in [-0.25, -0.2) is 0 Å². The molecule has 114 valence electrons. The van der Waals surface area contributed by atoms with Gasteiger partial charge < -0.3 is 4.74 Å². The van der Waals surface area contributed by atoms with Crippen molar-refractivity contribution in [3.05, 3.63) is 0 Å². The SMILES string of the molecule is CC1CC1C1CCCCC1OC1CC1C1CCCCC1. The van der Waals surface area contributed by atoms with E-state index in [1.807, 2.05) is 0 Å². The summed E-state index contributed by atoms with van der Waals surface area (Å²) in [5, 5.41) is 0. The zero-order valence-electron chi connectivity index (χ0n) is 13.2. The van der Waals surface area contributed by atoms with Crippen LogP contribution in [-0.2, 0) is 4.74 Å². The van der Waals surface area contributed by atoms with Crippen molar-refractivity contribution in [1.29, 1.82) is 0 Å². The van der Waals surface area contributed by atoms with Gasteiger partial charge in [0.2, 0.25) is 0 Å². The van der Waals surface area contributed by atoms with E-state index in [1.165, 1.54) is 70.6 Å². The minimum absolute atomic E-state index is 0.636. The van der Waals surface area contributed by atoms with E-state index in [2.05, 4.69) is 6.92 Å². The van der Waals surface area contributed by atoms with Crippen molar-refractivity contribution in [2.75, 3.05) is 0 Å². The van der Waals surface area contributed by atoms with E-state index in [4.69, 9.17) is 4.74 Å². The van der Waals surface area contributed by atoms with Gasteiger partial charge in [-0.2, -0.15) is 0 Å². The Labute approximate surface area is 124 Å². The fraction of sp³-hybridized carbons (Fsp3) is 1.00. The number of rotatable bonds is 4. The van der Waals surface area contributed by atoms with Gasteiger partial charge in [0, 0.05) is 0 Å². The molecule has 6 unspecified atom stereocenters. The van der Waals surface area contributed by atoms with Crippen LogP contribution in [0, 0.1) is 29.6 Å². The van der Waals surface area contributed by atoms with E-state index in [0.717, 1.165) is 29.6 Å². The van der Waals surface area contributed by atoms with Crippen LogP contribution in [0.2, 0.25) is 0 Å². The minimum Gasteiger partial charge on any atom is -0.374 e. The van der Waals surface area contributed by atoms with Crippen LogP contribution in [0.3, 0.4) is 0 Å². The molecule has 6 atom stereocenters. The molecule has 0 spiro atoms. The maximum absolute atomic E-state index is 6.63. The van der Waals surface area contributed by atoms with E-state index in [0.29, 0.717) is 12.2 Å². The molecule has 1 nitrogen and oxygen atoms in total. The molecular weight excluding hydrogens is 244 g/mol. The third-order valence-electron chi connectivity index (χ3n) is 6.86. The lowest BCUT2D eigenvalue weighted by Crippen LogP contribution is -2.31. The lowest BCUT2D eigenvalue weighted by molar-refractivity contribution is -0.0384. The van der Waals surface area contributed by atoms with Gasteiger partial charge in [0.25, 0.3) is 0 Å². The summed E-state index contributed by atoms with van der Waals surface area (Å²) >= 11 is 0. The molecule has 0 aromatic carbocycles. The summed E-state index contributed by atoms with van der Waals surface area (Å²) in [7, 11) is 0. The first-order valence-electron chi connectivity index (χ1n) is 9.48. The molecule has 0 aliphatic heterocycles. The number of ether oxygens (including phenoxy) is 1. The largest absolute Gasteiger partial charge is 0.374 e. The fourth-order valence-electron chi connectivity index (χ4n) is 5.36. The molecule has 0 aromatic rings. The molecule has 20 heavy (non-hydrogen) atoms. The maximum atomic E-state index is 6.63. The van der Waals surface area contributed by atoms with Crippen LogP contribution in [0.25, 0.3) is 0 Å². The summed E-state index contributed by atoms with van der Waals surface area (Å²) < 4.78 is 6.63. The highest BCUT2D eigenvalue weighted by atomic mass is 16.5. The summed E-state index contributed by atoms with van der Waals surface area (Å²) in [5.74, 6) is 4.92. The van der Waals surface area contributed by atoms with Gasteiger partial charge in [0.15, 0.2) is 0 Å². The summed E-state index contributed by atoms with van der Waals surface area (Å²) in [6.07, 6.45) is 17.3. The molecule has 4 fully saturated rings. The normalized spacial score (nSPS) is 49.0. The predicted molar refractivity (Wildman–Crippen MR) is 82.6 cm³/mol. The maximum Gasteiger partial charge on any atom is 0.0614 e. The van der Waals surface area contributed by atoms with Crippen LogP contribution in [0.1, 0.15) is 77.6 Å². The van der Waals surface area contributed by atoms with E-state index in [-0.39, 0.29) is 0 Å². The first kappa shape index (κ1) is 13.6. The van der Waals surface area contributed by atoms with Gasteiger partial charge in [0.1, 0.15) is 0 Å². The van der Waals surface area contributed by atoms with Crippen LogP contribution in [0.15, 0.2) is 0 Å². The van der Waals surface area contributed by atoms with E-state index < -0.39 is 0 Å². The molecule has 0 aromatic heterocycles. The van der Waals surface area contributed by atoms with Crippen LogP contribution in [-0.4, -0.2) is 12.2 Å². The Bertz CT molecular complexity index is 333. The molecule has 0 heterocycles. The first-order chi connectivity index (χ1) is 9.83. The van der Waals surface area contributed by atoms with Crippen molar-refractivity contribution in [2.45, 2.75) is 89.8 Å². The van der Waals surface area contributed by atoms with Gasteiger partial charge in [-0.1, -0.05) is 51.9 Å². The summed E-state index contributed by atoms with van der Waals surface area (Å²) in [6, 6.07) is 0. The lowest BCUT2D eigenvalue weighted by atomic mass is 9.82. The Morgan fingerprint density at radius 3 is 2.10 bits per heavy atom. The van der Waals surface area contributed by atoms with Gasteiger partial charge in [-0.15, -0.1) is 0 Å². The number of hydrogen-bond donors (Lipinski definition) is 0. The second-order valence-electron chi connectivity index (χ2n) is 8.34. The topological polar surface area (TPSA) is 9.23 Å². The highest BCUT2D eigenvalue weighted by molar-refractivity contribution is 4.98.